The van der Waals surface area contributed by atoms with Crippen molar-refractivity contribution in [1.29, 1.82) is 0 Å². The van der Waals surface area contributed by atoms with Gasteiger partial charge in [0.05, 0.1) is 0 Å². The maximum absolute atomic E-state index is 13.0. The van der Waals surface area contributed by atoms with E-state index in [1.165, 1.54) is 6.42 Å². The summed E-state index contributed by atoms with van der Waals surface area (Å²) in [6, 6.07) is 5.38. The molecule has 36 heavy (non-hydrogen) atoms. The van der Waals surface area contributed by atoms with Crippen LogP contribution in [-0.4, -0.2) is 68.8 Å². The highest BCUT2D eigenvalue weighted by Gasteiger charge is 2.41. The van der Waals surface area contributed by atoms with Crippen molar-refractivity contribution in [3.8, 4) is 5.75 Å². The number of nitrogens with one attached hydrogen (secondary N) is 1. The molecular weight excluding hydrogens is 458 g/mol. The molecule has 4 heterocycles. The molecule has 0 bridgehead atoms. The Labute approximate surface area is 210 Å². The molecule has 1 aromatic carbocycles. The highest BCUT2D eigenvalue weighted by molar-refractivity contribution is 6.05. The van der Waals surface area contributed by atoms with Gasteiger partial charge >= 0.3 is 0 Å². The molecule has 3 amide bonds. The Bertz CT molecular complexity index is 1190. The van der Waals surface area contributed by atoms with E-state index in [2.05, 4.69) is 20.2 Å². The third-order valence-electron chi connectivity index (χ3n) is 8.00. The average Bonchev–Trinajstić information content (AvgIpc) is 3.16. The second kappa shape index (κ2) is 9.28. The van der Waals surface area contributed by atoms with Crippen molar-refractivity contribution in [2.45, 2.75) is 76.1 Å². The first-order chi connectivity index (χ1) is 17.5. The molecule has 2 saturated heterocycles. The molecule has 1 N–H and O–H groups in total. The van der Waals surface area contributed by atoms with Gasteiger partial charge in [0.25, 0.3) is 5.91 Å². The van der Waals surface area contributed by atoms with Crippen molar-refractivity contribution < 1.29 is 19.1 Å². The standard InChI is InChI=1S/C27H31N5O4/c1-16-11-28-25(29-12-16)18-13-31(14-18)21-4-2-3-5-23(21)36-19-6-7-20-17(10-19)15-32(27(20)35)22-8-9-24(33)30-26(22)34/h6-7,10-12,18,21-23H,2-5,8-9,13-15H2,1H3,(H,30,33,34)/t21?,22?,23-/m1/s1. The Hall–Kier alpha value is -3.33. The van der Waals surface area contributed by atoms with E-state index in [1.807, 2.05) is 37.5 Å². The quantitative estimate of drug-likeness (QED) is 0.643. The van der Waals surface area contributed by atoms with Gasteiger partial charge in [0.15, 0.2) is 0 Å². The largest absolute Gasteiger partial charge is 0.489 e. The number of ether oxygens (including phenoxy) is 1. The Morgan fingerprint density at radius 3 is 2.58 bits per heavy atom. The summed E-state index contributed by atoms with van der Waals surface area (Å²) in [5.41, 5.74) is 2.55. The minimum Gasteiger partial charge on any atom is -0.489 e. The molecular formula is C27H31N5O4. The second-order valence-electron chi connectivity index (χ2n) is 10.5. The van der Waals surface area contributed by atoms with E-state index < -0.39 is 11.9 Å². The number of benzene rings is 1. The van der Waals surface area contributed by atoms with Gasteiger partial charge in [-0.2, -0.15) is 0 Å². The van der Waals surface area contributed by atoms with Crippen LogP contribution in [0.5, 0.6) is 5.75 Å². The van der Waals surface area contributed by atoms with Crippen LogP contribution >= 0.6 is 0 Å². The number of likely N-dealkylation sites (tertiary alicyclic amines) is 1. The summed E-state index contributed by atoms with van der Waals surface area (Å²) in [5.74, 6) is 1.23. The molecule has 0 spiro atoms. The molecule has 3 atom stereocenters. The van der Waals surface area contributed by atoms with Crippen LogP contribution in [0.2, 0.25) is 0 Å². The zero-order chi connectivity index (χ0) is 24.8. The lowest BCUT2D eigenvalue weighted by Crippen LogP contribution is -2.57. The second-order valence-corrected chi connectivity index (χ2v) is 10.5. The molecule has 188 valence electrons. The molecule has 2 aromatic rings. The van der Waals surface area contributed by atoms with Crippen LogP contribution in [0, 0.1) is 6.92 Å². The van der Waals surface area contributed by atoms with E-state index in [4.69, 9.17) is 4.74 Å². The molecule has 3 aliphatic heterocycles. The molecule has 0 radical (unpaired) electrons. The molecule has 1 saturated carbocycles. The third kappa shape index (κ3) is 4.25. The van der Waals surface area contributed by atoms with Crippen molar-refractivity contribution in [3.63, 3.8) is 0 Å². The Kier molecular flexibility index (Phi) is 5.95. The molecule has 1 aromatic heterocycles. The fourth-order valence-electron chi connectivity index (χ4n) is 5.99. The summed E-state index contributed by atoms with van der Waals surface area (Å²) >= 11 is 0. The van der Waals surface area contributed by atoms with Gasteiger partial charge in [-0.1, -0.05) is 6.42 Å². The lowest BCUT2D eigenvalue weighted by Gasteiger charge is -2.47. The maximum atomic E-state index is 13.0. The normalized spacial score (nSPS) is 27.0. The first-order valence-electron chi connectivity index (χ1n) is 12.9. The maximum Gasteiger partial charge on any atom is 0.255 e. The van der Waals surface area contributed by atoms with Gasteiger partial charge in [0.1, 0.15) is 23.7 Å². The summed E-state index contributed by atoms with van der Waals surface area (Å²) in [7, 11) is 0. The van der Waals surface area contributed by atoms with Gasteiger partial charge in [-0.05, 0) is 61.9 Å². The van der Waals surface area contributed by atoms with Gasteiger partial charge in [-0.3, -0.25) is 24.6 Å². The predicted molar refractivity (Wildman–Crippen MR) is 130 cm³/mol. The first-order valence-corrected chi connectivity index (χ1v) is 12.9. The molecule has 4 aliphatic rings. The zero-order valence-corrected chi connectivity index (χ0v) is 20.5. The lowest BCUT2D eigenvalue weighted by atomic mass is 9.86. The summed E-state index contributed by atoms with van der Waals surface area (Å²) in [5, 5.41) is 2.35. The number of carbonyl (C=O) groups is 3. The summed E-state index contributed by atoms with van der Waals surface area (Å²) < 4.78 is 6.53. The molecule has 1 aliphatic carbocycles. The number of carbonyl (C=O) groups excluding carboxylic acids is 3. The van der Waals surface area contributed by atoms with Crippen LogP contribution in [0.15, 0.2) is 30.6 Å². The third-order valence-corrected chi connectivity index (χ3v) is 8.00. The molecule has 9 heteroatoms. The lowest BCUT2D eigenvalue weighted by molar-refractivity contribution is -0.136. The van der Waals surface area contributed by atoms with Gasteiger partial charge in [-0.25, -0.2) is 9.97 Å². The predicted octanol–water partition coefficient (Wildman–Crippen LogP) is 2.34. The van der Waals surface area contributed by atoms with Crippen LogP contribution in [0.1, 0.15) is 71.8 Å². The van der Waals surface area contributed by atoms with Gasteiger partial charge in [0, 0.05) is 56.0 Å². The molecule has 6 rings (SSSR count). The van der Waals surface area contributed by atoms with E-state index in [0.717, 1.165) is 55.1 Å². The van der Waals surface area contributed by atoms with E-state index in [9.17, 15) is 14.4 Å². The number of aromatic nitrogens is 2. The Morgan fingerprint density at radius 1 is 1.03 bits per heavy atom. The highest BCUT2D eigenvalue weighted by atomic mass is 16.5. The summed E-state index contributed by atoms with van der Waals surface area (Å²) in [6.07, 6.45) is 8.95. The monoisotopic (exact) mass is 489 g/mol. The van der Waals surface area contributed by atoms with E-state index in [-0.39, 0.29) is 24.3 Å². The molecule has 9 nitrogen and oxygen atoms in total. The number of piperidine rings is 1. The van der Waals surface area contributed by atoms with E-state index in [0.29, 0.717) is 30.5 Å². The van der Waals surface area contributed by atoms with Crippen LogP contribution in [0.4, 0.5) is 0 Å². The van der Waals surface area contributed by atoms with E-state index in [1.54, 1.807) is 4.90 Å². The number of fused-ring (bicyclic) bond motifs is 1. The van der Waals surface area contributed by atoms with Gasteiger partial charge in [-0.15, -0.1) is 0 Å². The smallest absolute Gasteiger partial charge is 0.255 e. The minimum atomic E-state index is -0.605. The zero-order valence-electron chi connectivity index (χ0n) is 20.5. The Balaban J connectivity index is 1.11. The van der Waals surface area contributed by atoms with Crippen molar-refractivity contribution in [2.75, 3.05) is 13.1 Å². The topological polar surface area (TPSA) is 105 Å². The van der Waals surface area contributed by atoms with Crippen molar-refractivity contribution in [2.24, 2.45) is 0 Å². The fourth-order valence-corrected chi connectivity index (χ4v) is 5.99. The van der Waals surface area contributed by atoms with Crippen LogP contribution in [-0.2, 0) is 16.1 Å². The SMILES string of the molecule is Cc1cnc(C2CN(C3CCCC[C@H]3Oc3ccc4c(c3)CN(C3CCC(=O)NC3=O)C4=O)C2)nc1. The van der Waals surface area contributed by atoms with Gasteiger partial charge in [0.2, 0.25) is 11.8 Å². The average molecular weight is 490 g/mol. The summed E-state index contributed by atoms with van der Waals surface area (Å²) in [4.78, 5) is 49.9. The number of hydrogen-bond donors (Lipinski definition) is 1. The van der Waals surface area contributed by atoms with Crippen molar-refractivity contribution in [1.82, 2.24) is 25.1 Å². The Morgan fingerprint density at radius 2 is 1.81 bits per heavy atom. The minimum absolute atomic E-state index is 0.0972. The van der Waals surface area contributed by atoms with E-state index >= 15 is 0 Å². The fraction of sp³-hybridized carbons (Fsp3) is 0.519. The van der Waals surface area contributed by atoms with Crippen LogP contribution < -0.4 is 10.1 Å². The summed E-state index contributed by atoms with van der Waals surface area (Å²) in [6.45, 7) is 4.26. The number of amides is 3. The number of imide groups is 1. The van der Waals surface area contributed by atoms with Crippen LogP contribution in [0.3, 0.4) is 0 Å². The molecule has 2 unspecified atom stereocenters. The highest BCUT2D eigenvalue weighted by Crippen LogP contribution is 2.36. The number of nitrogens with zero attached hydrogens (tertiary/aromatic N) is 4. The number of aryl methyl sites for hydroxylation is 1. The van der Waals surface area contributed by atoms with Gasteiger partial charge < -0.3 is 9.64 Å². The first kappa shape index (κ1) is 23.1. The van der Waals surface area contributed by atoms with Crippen molar-refractivity contribution in [3.05, 3.63) is 53.1 Å². The number of rotatable bonds is 5. The van der Waals surface area contributed by atoms with Crippen LogP contribution in [0.25, 0.3) is 0 Å². The number of hydrogen-bond acceptors (Lipinski definition) is 7. The van der Waals surface area contributed by atoms with Crippen molar-refractivity contribution >= 4 is 17.7 Å². The molecule has 3 fully saturated rings.